The Morgan fingerprint density at radius 1 is 1.30 bits per heavy atom. The lowest BCUT2D eigenvalue weighted by Gasteiger charge is -2.29. The number of likely N-dealkylation sites (tertiary alicyclic amines) is 1. The van der Waals surface area contributed by atoms with Gasteiger partial charge >= 0.3 is 5.92 Å². The van der Waals surface area contributed by atoms with Crippen LogP contribution in [0.5, 0.6) is 5.88 Å². The van der Waals surface area contributed by atoms with Crippen LogP contribution in [0.15, 0.2) is 47.0 Å². The average molecular weight is 480 g/mol. The molecular weight excluding hydrogens is 456 g/mol. The summed E-state index contributed by atoms with van der Waals surface area (Å²) in [6.07, 6.45) is 2.09. The van der Waals surface area contributed by atoms with E-state index in [9.17, 15) is 9.90 Å². The van der Waals surface area contributed by atoms with Crippen LogP contribution in [0.4, 0.5) is 8.78 Å². The van der Waals surface area contributed by atoms with Crippen molar-refractivity contribution in [1.29, 1.82) is 0 Å². The molecule has 3 aromatic rings. The first kappa shape index (κ1) is 23.4. The fourth-order valence-electron chi connectivity index (χ4n) is 3.93. The zero-order chi connectivity index (χ0) is 23.6. The number of ether oxygens (including phenoxy) is 1. The minimum atomic E-state index is -3.95. The maximum absolute atomic E-state index is 15.1. The molecular formula is C23H24ClF2N3O4. The van der Waals surface area contributed by atoms with Crippen LogP contribution >= 0.6 is 11.6 Å². The number of carbonyl (C=O) groups is 1. The number of aromatic nitrogens is 1. The molecule has 33 heavy (non-hydrogen) atoms. The second-order valence-corrected chi connectivity index (χ2v) is 8.47. The molecule has 2 aromatic heterocycles. The molecule has 176 valence electrons. The number of furan rings is 1. The van der Waals surface area contributed by atoms with Gasteiger partial charge in [0.15, 0.2) is 5.76 Å². The molecule has 0 aliphatic carbocycles. The lowest BCUT2D eigenvalue weighted by molar-refractivity contribution is -0.151. The van der Waals surface area contributed by atoms with Gasteiger partial charge in [0, 0.05) is 34.8 Å². The van der Waals surface area contributed by atoms with Gasteiger partial charge in [0.2, 0.25) is 5.88 Å². The van der Waals surface area contributed by atoms with Gasteiger partial charge in [-0.2, -0.15) is 8.78 Å². The van der Waals surface area contributed by atoms with Gasteiger partial charge in [-0.25, -0.2) is 4.98 Å². The smallest absolute Gasteiger partial charge is 0.380 e. The van der Waals surface area contributed by atoms with Crippen molar-refractivity contribution in [3.05, 3.63) is 58.9 Å². The number of carbonyl (C=O) groups excluding carboxylic acids is 1. The zero-order valence-corrected chi connectivity index (χ0v) is 18.7. The molecule has 0 unspecified atom stereocenters. The van der Waals surface area contributed by atoms with Gasteiger partial charge in [0.05, 0.1) is 13.2 Å². The Balaban J connectivity index is 1.56. The van der Waals surface area contributed by atoms with E-state index in [0.717, 1.165) is 32.0 Å². The molecule has 0 saturated carbocycles. The molecule has 0 bridgehead atoms. The molecule has 3 heterocycles. The quantitative estimate of drug-likeness (QED) is 0.509. The van der Waals surface area contributed by atoms with Crippen molar-refractivity contribution in [1.82, 2.24) is 15.2 Å². The number of amides is 1. The van der Waals surface area contributed by atoms with Crippen molar-refractivity contribution in [2.45, 2.75) is 30.9 Å². The molecule has 1 aliphatic heterocycles. The number of rotatable bonds is 8. The highest BCUT2D eigenvalue weighted by Gasteiger charge is 2.46. The number of hydrogen-bond acceptors (Lipinski definition) is 6. The molecule has 2 N–H and O–H groups in total. The molecule has 1 fully saturated rings. The van der Waals surface area contributed by atoms with E-state index < -0.39 is 29.7 Å². The van der Waals surface area contributed by atoms with Crippen LogP contribution in [0.25, 0.3) is 11.0 Å². The van der Waals surface area contributed by atoms with Gasteiger partial charge < -0.3 is 24.5 Å². The van der Waals surface area contributed by atoms with E-state index in [0.29, 0.717) is 21.9 Å². The van der Waals surface area contributed by atoms with Gasteiger partial charge in [0.25, 0.3) is 5.91 Å². The van der Waals surface area contributed by atoms with Crippen LogP contribution in [0.3, 0.4) is 0 Å². The Bertz CT molecular complexity index is 1120. The summed E-state index contributed by atoms with van der Waals surface area (Å²) in [6, 6.07) is 7.71. The number of methoxy groups -OCH3 is 1. The fraction of sp³-hybridized carbons (Fsp3) is 0.391. The van der Waals surface area contributed by atoms with Gasteiger partial charge in [-0.05, 0) is 56.3 Å². The monoisotopic (exact) mass is 479 g/mol. The second kappa shape index (κ2) is 9.62. The Morgan fingerprint density at radius 2 is 2.06 bits per heavy atom. The normalized spacial score (nSPS) is 16.6. The summed E-state index contributed by atoms with van der Waals surface area (Å²) >= 11 is 5.91. The first-order chi connectivity index (χ1) is 15.8. The molecule has 0 spiro atoms. The van der Waals surface area contributed by atoms with Crippen LogP contribution in [0.1, 0.15) is 30.3 Å². The van der Waals surface area contributed by atoms with E-state index >= 15 is 8.78 Å². The fourth-order valence-corrected chi connectivity index (χ4v) is 4.11. The number of aliphatic hydroxyl groups excluding tert-OH is 1. The van der Waals surface area contributed by atoms with Crippen molar-refractivity contribution >= 4 is 28.5 Å². The third-order valence-corrected chi connectivity index (χ3v) is 5.97. The first-order valence-electron chi connectivity index (χ1n) is 10.6. The van der Waals surface area contributed by atoms with Gasteiger partial charge in [-0.15, -0.1) is 0 Å². The maximum Gasteiger partial charge on any atom is 0.380 e. The van der Waals surface area contributed by atoms with Crippen LogP contribution in [0, 0.1) is 0 Å². The molecule has 7 nitrogen and oxygen atoms in total. The zero-order valence-electron chi connectivity index (χ0n) is 17.9. The standard InChI is InChI=1S/C23H24ClF2N3O4/c1-32-20-7-4-14(12-27-20)21(30)17(13-29-8-2-3-9-29)28-22(31)23(25,26)19-11-15-10-16(24)5-6-18(15)33-19/h4-7,10-12,17,21,30H,2-3,8-9,13H2,1H3,(H,28,31)/t17-,21+/m1/s1. The predicted octanol–water partition coefficient (Wildman–Crippen LogP) is 3.90. The number of nitrogens with one attached hydrogen (secondary N) is 1. The molecule has 10 heteroatoms. The summed E-state index contributed by atoms with van der Waals surface area (Å²) < 4.78 is 40.4. The highest BCUT2D eigenvalue weighted by Crippen LogP contribution is 2.34. The number of aliphatic hydroxyl groups is 1. The summed E-state index contributed by atoms with van der Waals surface area (Å²) in [5, 5.41) is 14.0. The van der Waals surface area contributed by atoms with Gasteiger partial charge in [-0.1, -0.05) is 11.6 Å². The number of halogens is 3. The summed E-state index contributed by atoms with van der Waals surface area (Å²) in [5.41, 5.74) is 0.571. The number of hydrogen-bond donors (Lipinski definition) is 2. The molecule has 1 aliphatic rings. The number of nitrogens with zero attached hydrogens (tertiary/aromatic N) is 2. The topological polar surface area (TPSA) is 87.8 Å². The molecule has 4 rings (SSSR count). The van der Waals surface area contributed by atoms with Crippen molar-refractivity contribution in [2.75, 3.05) is 26.7 Å². The minimum absolute atomic E-state index is 0.194. The van der Waals surface area contributed by atoms with Crippen molar-refractivity contribution in [2.24, 2.45) is 0 Å². The van der Waals surface area contributed by atoms with E-state index in [2.05, 4.69) is 10.3 Å². The third kappa shape index (κ3) is 5.10. The number of pyridine rings is 1. The first-order valence-corrected chi connectivity index (χ1v) is 10.9. The Kier molecular flexibility index (Phi) is 6.83. The van der Waals surface area contributed by atoms with Gasteiger partial charge in [0.1, 0.15) is 11.7 Å². The summed E-state index contributed by atoms with van der Waals surface area (Å²) in [4.78, 5) is 18.8. The lowest BCUT2D eigenvalue weighted by Crippen LogP contribution is -2.50. The SMILES string of the molecule is COc1ccc([C@H](O)[C@@H](CN2CCCC2)NC(=O)C(F)(F)c2cc3cc(Cl)ccc3o2)cn1. The Labute approximate surface area is 194 Å². The average Bonchev–Trinajstić information content (AvgIpc) is 3.48. The molecule has 2 atom stereocenters. The van der Waals surface area contributed by atoms with Crippen LogP contribution in [0.2, 0.25) is 5.02 Å². The van der Waals surface area contributed by atoms with Crippen LogP contribution in [-0.2, 0) is 10.7 Å². The highest BCUT2D eigenvalue weighted by molar-refractivity contribution is 6.31. The maximum atomic E-state index is 15.1. The van der Waals surface area contributed by atoms with Crippen LogP contribution in [-0.4, -0.2) is 53.7 Å². The molecule has 1 amide bonds. The van der Waals surface area contributed by atoms with Gasteiger partial charge in [-0.3, -0.25) is 4.79 Å². The third-order valence-electron chi connectivity index (χ3n) is 5.73. The summed E-state index contributed by atoms with van der Waals surface area (Å²) in [7, 11) is 1.46. The highest BCUT2D eigenvalue weighted by atomic mass is 35.5. The largest absolute Gasteiger partial charge is 0.481 e. The minimum Gasteiger partial charge on any atom is -0.481 e. The van der Waals surface area contributed by atoms with E-state index in [-0.39, 0.29) is 12.1 Å². The lowest BCUT2D eigenvalue weighted by atomic mass is 10.0. The Morgan fingerprint density at radius 3 is 2.73 bits per heavy atom. The predicted molar refractivity (Wildman–Crippen MR) is 118 cm³/mol. The van der Waals surface area contributed by atoms with E-state index in [4.69, 9.17) is 20.8 Å². The Hall–Kier alpha value is -2.75. The van der Waals surface area contributed by atoms with E-state index in [1.165, 1.54) is 31.5 Å². The molecule has 1 aromatic carbocycles. The number of fused-ring (bicyclic) bond motifs is 1. The number of benzene rings is 1. The molecule has 0 radical (unpaired) electrons. The van der Waals surface area contributed by atoms with Crippen molar-refractivity contribution in [3.63, 3.8) is 0 Å². The summed E-state index contributed by atoms with van der Waals surface area (Å²) in [5.74, 6) is -5.95. The molecule has 1 saturated heterocycles. The van der Waals surface area contributed by atoms with Crippen molar-refractivity contribution in [3.8, 4) is 5.88 Å². The second-order valence-electron chi connectivity index (χ2n) is 8.03. The van der Waals surface area contributed by atoms with Crippen LogP contribution < -0.4 is 10.1 Å². The van der Waals surface area contributed by atoms with E-state index in [1.807, 2.05) is 4.90 Å². The van der Waals surface area contributed by atoms with E-state index in [1.54, 1.807) is 12.1 Å². The van der Waals surface area contributed by atoms with Crippen molar-refractivity contribution < 1.29 is 27.8 Å². The summed E-state index contributed by atoms with van der Waals surface area (Å²) in [6.45, 7) is 1.74. The number of alkyl halides is 2.